The average Bonchev–Trinajstić information content (AvgIpc) is 3.23. The molecule has 0 N–H and O–H groups in total. The molecular weight excluding hydrogens is 408 g/mol. The molecule has 0 bridgehead atoms. The van der Waals surface area contributed by atoms with Crippen molar-refractivity contribution < 1.29 is 4.57 Å². The Hall–Kier alpha value is -2.39. The first-order chi connectivity index (χ1) is 15.5. The minimum atomic E-state index is 0.0117. The van der Waals surface area contributed by atoms with E-state index in [1.54, 1.807) is 0 Å². The summed E-state index contributed by atoms with van der Waals surface area (Å²) in [4.78, 5) is 2.55. The van der Waals surface area contributed by atoms with Gasteiger partial charge >= 0.3 is 0 Å². The van der Waals surface area contributed by atoms with Crippen molar-refractivity contribution in [2.45, 2.75) is 72.3 Å². The third-order valence-corrected chi connectivity index (χ3v) is 7.78. The molecule has 2 aromatic carbocycles. The molecule has 0 radical (unpaired) electrons. The summed E-state index contributed by atoms with van der Waals surface area (Å²) in [5.41, 5.74) is 6.95. The topological polar surface area (TPSA) is 7.12 Å². The van der Waals surface area contributed by atoms with E-state index < -0.39 is 0 Å². The molecule has 0 amide bonds. The van der Waals surface area contributed by atoms with E-state index in [0.29, 0.717) is 0 Å². The van der Waals surface area contributed by atoms with Crippen LogP contribution in [0.3, 0.4) is 0 Å². The van der Waals surface area contributed by atoms with Gasteiger partial charge < -0.3 is 4.90 Å². The molecule has 2 nitrogen and oxygen atoms in total. The normalized spacial score (nSPS) is 16.5. The van der Waals surface area contributed by atoms with Crippen molar-refractivity contribution in [3.63, 3.8) is 0 Å². The molecule has 32 heavy (non-hydrogen) atoms. The van der Waals surface area contributed by atoms with Gasteiger partial charge in [0.25, 0.3) is 5.01 Å². The van der Waals surface area contributed by atoms with Gasteiger partial charge in [0.1, 0.15) is 4.70 Å². The number of aryl methyl sites for hydroxylation is 2. The van der Waals surface area contributed by atoms with Gasteiger partial charge in [0.2, 0.25) is 5.52 Å². The first-order valence-corrected chi connectivity index (χ1v) is 13.0. The van der Waals surface area contributed by atoms with Gasteiger partial charge in [-0.2, -0.15) is 4.57 Å². The van der Waals surface area contributed by atoms with Gasteiger partial charge in [-0.05, 0) is 37.1 Å². The molecule has 4 rings (SSSR count). The van der Waals surface area contributed by atoms with Crippen LogP contribution < -0.4 is 9.47 Å². The zero-order chi connectivity index (χ0) is 22.7. The van der Waals surface area contributed by atoms with Crippen LogP contribution in [0.5, 0.6) is 0 Å². The summed E-state index contributed by atoms with van der Waals surface area (Å²) in [6.07, 6.45) is 11.8. The van der Waals surface area contributed by atoms with Crippen LogP contribution in [0.1, 0.15) is 69.5 Å². The zero-order valence-corrected chi connectivity index (χ0v) is 21.1. The Labute approximate surface area is 197 Å². The van der Waals surface area contributed by atoms with E-state index in [1.807, 2.05) is 11.3 Å². The van der Waals surface area contributed by atoms with Crippen LogP contribution in [-0.2, 0) is 12.0 Å². The fourth-order valence-electron chi connectivity index (χ4n) is 4.79. The molecule has 1 aliphatic rings. The lowest BCUT2D eigenvalue weighted by atomic mass is 9.83. The number of aromatic nitrogens is 1. The SMILES string of the molecule is CCCCN1C(=CC=Cc2sc3ccccc3[n+]2CCCC)C(C)(C)c2cc(C)ccc21. The number of nitrogens with zero attached hydrogens (tertiary/aromatic N) is 2. The summed E-state index contributed by atoms with van der Waals surface area (Å²) in [6, 6.07) is 15.7. The first kappa shape index (κ1) is 22.8. The highest BCUT2D eigenvalue weighted by Crippen LogP contribution is 2.48. The smallest absolute Gasteiger partial charge is 0.262 e. The maximum atomic E-state index is 2.55. The van der Waals surface area contributed by atoms with E-state index in [9.17, 15) is 0 Å². The second-order valence-corrected chi connectivity index (χ2v) is 10.5. The maximum absolute atomic E-state index is 2.55. The number of hydrogen-bond acceptors (Lipinski definition) is 2. The number of unbranched alkanes of at least 4 members (excludes halogenated alkanes) is 2. The molecule has 0 aliphatic carbocycles. The van der Waals surface area contributed by atoms with Crippen molar-refractivity contribution in [2.75, 3.05) is 11.4 Å². The van der Waals surface area contributed by atoms with Gasteiger partial charge in [0, 0.05) is 41.9 Å². The van der Waals surface area contributed by atoms with E-state index in [-0.39, 0.29) is 5.41 Å². The van der Waals surface area contributed by atoms with Crippen molar-refractivity contribution in [3.8, 4) is 0 Å². The predicted octanol–water partition coefficient (Wildman–Crippen LogP) is 7.79. The summed E-state index contributed by atoms with van der Waals surface area (Å²) in [5, 5.41) is 1.33. The fraction of sp³-hybridized carbons (Fsp3) is 0.414. The molecule has 2 heterocycles. The molecule has 0 atom stereocenters. The Kier molecular flexibility index (Phi) is 6.85. The zero-order valence-electron chi connectivity index (χ0n) is 20.3. The molecule has 1 aromatic heterocycles. The third-order valence-electron chi connectivity index (χ3n) is 6.65. The van der Waals surface area contributed by atoms with Crippen molar-refractivity contribution in [1.29, 1.82) is 0 Å². The Balaban J connectivity index is 1.71. The summed E-state index contributed by atoms with van der Waals surface area (Å²) in [5.74, 6) is 0. The number of para-hydroxylation sites is 1. The van der Waals surface area contributed by atoms with Gasteiger partial charge in [0.15, 0.2) is 6.54 Å². The van der Waals surface area contributed by atoms with Crippen LogP contribution >= 0.6 is 11.3 Å². The number of allylic oxidation sites excluding steroid dienone is 3. The van der Waals surface area contributed by atoms with Gasteiger partial charge in [0.05, 0.1) is 0 Å². The largest absolute Gasteiger partial charge is 0.344 e. The van der Waals surface area contributed by atoms with Crippen LogP contribution in [0.25, 0.3) is 16.3 Å². The minimum Gasteiger partial charge on any atom is -0.344 e. The molecule has 0 unspecified atom stereocenters. The maximum Gasteiger partial charge on any atom is 0.262 e. The molecule has 0 spiro atoms. The molecule has 0 fully saturated rings. The van der Waals surface area contributed by atoms with Crippen molar-refractivity contribution in [2.24, 2.45) is 0 Å². The quantitative estimate of drug-likeness (QED) is 0.321. The van der Waals surface area contributed by atoms with E-state index in [2.05, 4.69) is 105 Å². The third kappa shape index (κ3) is 4.28. The number of thiazole rings is 1. The average molecular weight is 446 g/mol. The number of rotatable bonds is 8. The summed E-state index contributed by atoms with van der Waals surface area (Å²) in [7, 11) is 0. The second kappa shape index (κ2) is 9.62. The minimum absolute atomic E-state index is 0.0117. The van der Waals surface area contributed by atoms with Crippen LogP contribution in [0, 0.1) is 6.92 Å². The molecule has 1 aliphatic heterocycles. The molecule has 168 valence electrons. The number of fused-ring (bicyclic) bond motifs is 2. The molecule has 3 heteroatoms. The van der Waals surface area contributed by atoms with E-state index in [0.717, 1.165) is 13.1 Å². The van der Waals surface area contributed by atoms with Crippen molar-refractivity contribution >= 4 is 33.3 Å². The van der Waals surface area contributed by atoms with Crippen LogP contribution in [0.2, 0.25) is 0 Å². The first-order valence-electron chi connectivity index (χ1n) is 12.2. The lowest BCUT2D eigenvalue weighted by Crippen LogP contribution is -2.34. The number of hydrogen-bond donors (Lipinski definition) is 0. The lowest BCUT2D eigenvalue weighted by Gasteiger charge is -2.27. The van der Waals surface area contributed by atoms with E-state index in [4.69, 9.17) is 0 Å². The monoisotopic (exact) mass is 445 g/mol. The second-order valence-electron chi connectivity index (χ2n) is 9.48. The van der Waals surface area contributed by atoms with Gasteiger partial charge in [-0.1, -0.05) is 87.8 Å². The highest BCUT2D eigenvalue weighted by molar-refractivity contribution is 7.18. The summed E-state index contributed by atoms with van der Waals surface area (Å²) in [6.45, 7) is 13.6. The lowest BCUT2D eigenvalue weighted by molar-refractivity contribution is -0.669. The van der Waals surface area contributed by atoms with Crippen molar-refractivity contribution in [3.05, 3.63) is 76.4 Å². The van der Waals surface area contributed by atoms with E-state index >= 15 is 0 Å². The summed E-state index contributed by atoms with van der Waals surface area (Å²) < 4.78 is 3.86. The van der Waals surface area contributed by atoms with Crippen LogP contribution in [-0.4, -0.2) is 6.54 Å². The number of benzene rings is 2. The molecule has 3 aromatic rings. The standard InChI is InChI=1S/C29H37N2S/c1-6-8-19-30-24-18-17-22(3)21-23(24)29(4,5)27(30)15-12-16-28-31(20-9-7-2)25-13-10-11-14-26(25)32-28/h10-18,21H,6-9,19-20H2,1-5H3/q+1. The Morgan fingerprint density at radius 3 is 2.59 bits per heavy atom. The highest BCUT2D eigenvalue weighted by Gasteiger charge is 2.39. The Bertz CT molecular complexity index is 1150. The molecule has 0 saturated heterocycles. The fourth-order valence-corrected chi connectivity index (χ4v) is 5.89. The Morgan fingerprint density at radius 1 is 1.03 bits per heavy atom. The van der Waals surface area contributed by atoms with Gasteiger partial charge in [-0.3, -0.25) is 0 Å². The van der Waals surface area contributed by atoms with Crippen LogP contribution in [0.15, 0.2) is 60.3 Å². The summed E-state index contributed by atoms with van der Waals surface area (Å²) >= 11 is 1.89. The van der Waals surface area contributed by atoms with Gasteiger partial charge in [-0.25, -0.2) is 0 Å². The predicted molar refractivity (Wildman–Crippen MR) is 141 cm³/mol. The van der Waals surface area contributed by atoms with Crippen LogP contribution in [0.4, 0.5) is 5.69 Å². The van der Waals surface area contributed by atoms with E-state index in [1.165, 1.54) is 63.4 Å². The molecule has 0 saturated carbocycles. The van der Waals surface area contributed by atoms with Crippen molar-refractivity contribution in [1.82, 2.24) is 0 Å². The van der Waals surface area contributed by atoms with Gasteiger partial charge in [-0.15, -0.1) is 0 Å². The molecular formula is C29H37N2S+. The Morgan fingerprint density at radius 2 is 1.81 bits per heavy atom. The number of anilines is 1. The highest BCUT2D eigenvalue weighted by atomic mass is 32.1.